The molecule has 0 saturated heterocycles. The Hall–Kier alpha value is -5.84. The quantitative estimate of drug-likeness (QED) is 0.165. The third-order valence-corrected chi connectivity index (χ3v) is 6.99. The van der Waals surface area contributed by atoms with Crippen LogP contribution in [-0.4, -0.2) is 48.6 Å². The Morgan fingerprint density at radius 3 is 1.90 bits per heavy atom. The average Bonchev–Trinajstić information content (AvgIpc) is 2.97. The van der Waals surface area contributed by atoms with E-state index in [-0.39, 0.29) is 27.8 Å². The summed E-state index contributed by atoms with van der Waals surface area (Å²) >= 11 is 0. The van der Waals surface area contributed by atoms with Gasteiger partial charge in [-0.2, -0.15) is 0 Å². The minimum Gasteiger partial charge on any atom is -0.497 e. The highest BCUT2D eigenvalue weighted by Crippen LogP contribution is 2.38. The first-order valence-electron chi connectivity index (χ1n) is 11.7. The summed E-state index contributed by atoms with van der Waals surface area (Å²) in [4.78, 5) is 34.7. The molecule has 4 rings (SSSR count). The molecule has 16 nitrogen and oxygen atoms in total. The number of benzene rings is 3. The molecule has 0 aliphatic rings. The monoisotopic (exact) mass is 595 g/mol. The van der Waals surface area contributed by atoms with E-state index in [4.69, 9.17) is 9.47 Å². The summed E-state index contributed by atoms with van der Waals surface area (Å²) in [5, 5.41) is 36.1. The Bertz CT molecular complexity index is 1710. The lowest BCUT2D eigenvalue weighted by atomic mass is 10.1. The number of nitro groups is 2. The van der Waals surface area contributed by atoms with E-state index in [0.717, 1.165) is 12.1 Å². The first-order valence-corrected chi connectivity index (χ1v) is 13.2. The van der Waals surface area contributed by atoms with E-state index in [1.807, 2.05) is 0 Å². The summed E-state index contributed by atoms with van der Waals surface area (Å²) in [6.45, 7) is 0. The molecular formula is C25H21N7O9S. The molecule has 0 bridgehead atoms. The number of carbonyl (C=O) groups excluding carboxylic acids is 1. The number of hydrogen-bond acceptors (Lipinski definition) is 12. The summed E-state index contributed by atoms with van der Waals surface area (Å²) in [6.07, 6.45) is 0. The van der Waals surface area contributed by atoms with Gasteiger partial charge in [-0.1, -0.05) is 0 Å². The van der Waals surface area contributed by atoms with Gasteiger partial charge >= 0.3 is 11.4 Å². The summed E-state index contributed by atoms with van der Waals surface area (Å²) in [5.74, 6) is -0.261. The van der Waals surface area contributed by atoms with Crippen molar-refractivity contribution in [3.05, 3.63) is 98.6 Å². The van der Waals surface area contributed by atoms with Crippen LogP contribution in [0.4, 0.5) is 34.3 Å². The minimum atomic E-state index is -4.07. The molecule has 0 fully saturated rings. The van der Waals surface area contributed by atoms with Gasteiger partial charge in [-0.15, -0.1) is 10.2 Å². The van der Waals surface area contributed by atoms with Crippen molar-refractivity contribution in [3.63, 3.8) is 0 Å². The molecule has 0 atom stereocenters. The number of nitro benzene ring substituents is 2. The number of carbonyl (C=O) groups is 1. The fourth-order valence-corrected chi connectivity index (χ4v) is 4.57. The number of ether oxygens (including phenoxy) is 2. The first-order chi connectivity index (χ1) is 20.0. The van der Waals surface area contributed by atoms with Crippen LogP contribution in [0.15, 0.2) is 77.7 Å². The third-order valence-electron chi connectivity index (χ3n) is 5.62. The fourth-order valence-electron chi connectivity index (χ4n) is 3.58. The first kappa shape index (κ1) is 29.2. The number of methoxy groups -OCH3 is 2. The van der Waals surface area contributed by atoms with Gasteiger partial charge in [0, 0.05) is 29.6 Å². The normalized spacial score (nSPS) is 10.8. The van der Waals surface area contributed by atoms with E-state index in [0.29, 0.717) is 11.4 Å². The predicted octanol–water partition coefficient (Wildman–Crippen LogP) is 4.11. The van der Waals surface area contributed by atoms with Crippen LogP contribution in [-0.2, 0) is 10.0 Å². The van der Waals surface area contributed by atoms with Crippen LogP contribution in [0.2, 0.25) is 0 Å². The van der Waals surface area contributed by atoms with Crippen molar-refractivity contribution < 1.29 is 32.5 Å². The van der Waals surface area contributed by atoms with Crippen molar-refractivity contribution in [1.82, 2.24) is 10.2 Å². The number of anilines is 4. The maximum atomic E-state index is 12.9. The van der Waals surface area contributed by atoms with Crippen LogP contribution in [0.3, 0.4) is 0 Å². The Morgan fingerprint density at radius 2 is 1.40 bits per heavy atom. The van der Waals surface area contributed by atoms with Crippen LogP contribution in [0, 0.1) is 20.2 Å². The number of nitrogens with one attached hydrogen (secondary N) is 3. The lowest BCUT2D eigenvalue weighted by Gasteiger charge is -2.11. The van der Waals surface area contributed by atoms with Crippen LogP contribution in [0.25, 0.3) is 0 Å². The summed E-state index contributed by atoms with van der Waals surface area (Å²) in [7, 11) is -1.23. The molecule has 17 heteroatoms. The number of rotatable bonds is 11. The van der Waals surface area contributed by atoms with Crippen molar-refractivity contribution in [3.8, 4) is 11.6 Å². The highest BCUT2D eigenvalue weighted by molar-refractivity contribution is 7.92. The standard InChI is InChI=1S/C25H21N7O9S/c1-40-18-7-3-16(4-8-18)26-24-20(31(34)35)13-15(14-21(24)32(36)37)25(33)27-17-5-9-19(10-6-17)42(38,39)30-22-11-12-23(41-2)29-28-22/h3-14,26H,1-2H3,(H,27,33)(H,28,30). The number of amides is 1. The van der Waals surface area contributed by atoms with Crippen LogP contribution in [0.1, 0.15) is 10.4 Å². The topological polar surface area (TPSA) is 218 Å². The second-order valence-corrected chi connectivity index (χ2v) is 9.98. The summed E-state index contributed by atoms with van der Waals surface area (Å²) in [6, 6.07) is 15.6. The SMILES string of the molecule is COc1ccc(Nc2c([N+](=O)[O-])cc(C(=O)Nc3ccc(S(=O)(=O)Nc4ccc(OC)nn4)cc3)cc2[N+](=O)[O-])cc1. The second kappa shape index (κ2) is 12.1. The number of nitrogens with zero attached hydrogens (tertiary/aromatic N) is 4. The van der Waals surface area contributed by atoms with Gasteiger partial charge in [0.2, 0.25) is 5.88 Å². The molecule has 0 aliphatic heterocycles. The number of aromatic nitrogens is 2. The largest absolute Gasteiger partial charge is 0.497 e. The Labute approximate surface area is 237 Å². The highest BCUT2D eigenvalue weighted by Gasteiger charge is 2.29. The molecule has 1 aromatic heterocycles. The van der Waals surface area contributed by atoms with E-state index in [1.165, 1.54) is 62.8 Å². The maximum Gasteiger partial charge on any atom is 0.300 e. The smallest absolute Gasteiger partial charge is 0.300 e. The van der Waals surface area contributed by atoms with Gasteiger partial charge in [0.25, 0.3) is 15.9 Å². The minimum absolute atomic E-state index is 0.0544. The van der Waals surface area contributed by atoms with Crippen molar-refractivity contribution >= 4 is 50.2 Å². The lowest BCUT2D eigenvalue weighted by molar-refractivity contribution is -0.392. The van der Waals surface area contributed by atoms with E-state index in [1.54, 1.807) is 12.1 Å². The molecule has 1 heterocycles. The van der Waals surface area contributed by atoms with Gasteiger partial charge in [-0.3, -0.25) is 29.7 Å². The summed E-state index contributed by atoms with van der Waals surface area (Å²) in [5.41, 5.74) is -1.78. The van der Waals surface area contributed by atoms with Crippen molar-refractivity contribution in [2.24, 2.45) is 0 Å². The molecule has 0 saturated carbocycles. The van der Waals surface area contributed by atoms with E-state index in [2.05, 4.69) is 25.6 Å². The maximum absolute atomic E-state index is 12.9. The van der Waals surface area contributed by atoms with E-state index in [9.17, 15) is 33.4 Å². The summed E-state index contributed by atoms with van der Waals surface area (Å²) < 4.78 is 37.5. The molecule has 4 aromatic rings. The average molecular weight is 596 g/mol. The molecule has 1 amide bonds. The number of sulfonamides is 1. The van der Waals surface area contributed by atoms with Crippen LogP contribution in [0.5, 0.6) is 11.6 Å². The zero-order valence-corrected chi connectivity index (χ0v) is 22.6. The second-order valence-electron chi connectivity index (χ2n) is 8.30. The molecule has 3 N–H and O–H groups in total. The van der Waals surface area contributed by atoms with Crippen molar-refractivity contribution in [1.29, 1.82) is 0 Å². The van der Waals surface area contributed by atoms with E-state index < -0.39 is 42.8 Å². The molecule has 0 spiro atoms. The molecule has 0 unspecified atom stereocenters. The van der Waals surface area contributed by atoms with Crippen molar-refractivity contribution in [2.75, 3.05) is 29.6 Å². The van der Waals surface area contributed by atoms with Gasteiger partial charge in [0.15, 0.2) is 11.5 Å². The molecule has 0 radical (unpaired) electrons. The van der Waals surface area contributed by atoms with Crippen LogP contribution < -0.4 is 24.8 Å². The van der Waals surface area contributed by atoms with Gasteiger partial charge in [0.05, 0.1) is 34.5 Å². The molecule has 0 aliphatic carbocycles. The Balaban J connectivity index is 1.56. The predicted molar refractivity (Wildman–Crippen MR) is 150 cm³/mol. The Morgan fingerprint density at radius 1 is 0.810 bits per heavy atom. The lowest BCUT2D eigenvalue weighted by Crippen LogP contribution is -2.15. The van der Waals surface area contributed by atoms with Gasteiger partial charge in [-0.25, -0.2) is 8.42 Å². The zero-order chi connectivity index (χ0) is 30.4. The van der Waals surface area contributed by atoms with E-state index >= 15 is 0 Å². The van der Waals surface area contributed by atoms with Gasteiger partial charge in [0.1, 0.15) is 5.75 Å². The molecule has 216 valence electrons. The molecule has 3 aromatic carbocycles. The molecule has 42 heavy (non-hydrogen) atoms. The fraction of sp³-hybridized carbons (Fsp3) is 0.0800. The number of hydrogen-bond donors (Lipinski definition) is 3. The van der Waals surface area contributed by atoms with Gasteiger partial charge < -0.3 is 20.1 Å². The van der Waals surface area contributed by atoms with Crippen molar-refractivity contribution in [2.45, 2.75) is 4.90 Å². The highest BCUT2D eigenvalue weighted by atomic mass is 32.2. The van der Waals surface area contributed by atoms with Crippen LogP contribution >= 0.6 is 0 Å². The Kier molecular flexibility index (Phi) is 8.42. The third kappa shape index (κ3) is 6.65. The zero-order valence-electron chi connectivity index (χ0n) is 21.8. The molecular weight excluding hydrogens is 574 g/mol. The van der Waals surface area contributed by atoms with Gasteiger partial charge in [-0.05, 0) is 54.6 Å².